The average molecular weight is 415 g/mol. The van der Waals surface area contributed by atoms with Crippen LogP contribution in [-0.4, -0.2) is 43.4 Å². The van der Waals surface area contributed by atoms with E-state index in [9.17, 15) is 9.59 Å². The van der Waals surface area contributed by atoms with Crippen LogP contribution in [0.1, 0.15) is 20.3 Å². The fourth-order valence-corrected chi connectivity index (χ4v) is 3.77. The zero-order chi connectivity index (χ0) is 20.6. The van der Waals surface area contributed by atoms with Gasteiger partial charge in [0.1, 0.15) is 11.5 Å². The number of rotatable bonds is 8. The molecule has 2 amide bonds. The van der Waals surface area contributed by atoms with E-state index >= 15 is 0 Å². The molecule has 1 N–H and O–H groups in total. The quantitative estimate of drug-likeness (QED) is 0.670. The first-order valence-electron chi connectivity index (χ1n) is 9.81. The molecule has 7 heteroatoms. The number of nitrogens with zero attached hydrogens (tertiary/aromatic N) is 1. The third-order valence-corrected chi connectivity index (χ3v) is 5.41. The maximum Gasteiger partial charge on any atom is 0.262 e. The molecule has 0 unspecified atom stereocenters. The van der Waals surface area contributed by atoms with Crippen LogP contribution in [0.2, 0.25) is 0 Å². The van der Waals surface area contributed by atoms with E-state index in [-0.39, 0.29) is 24.1 Å². The van der Waals surface area contributed by atoms with Gasteiger partial charge >= 0.3 is 0 Å². The molecular formula is C22H26N2O4S. The molecular weight excluding hydrogens is 388 g/mol. The van der Waals surface area contributed by atoms with Crippen LogP contribution in [0.25, 0.3) is 0 Å². The van der Waals surface area contributed by atoms with Gasteiger partial charge in [-0.3, -0.25) is 9.59 Å². The maximum atomic E-state index is 13.0. The average Bonchev–Trinajstić information content (AvgIpc) is 2.76. The number of para-hydroxylation sites is 2. The van der Waals surface area contributed by atoms with Crippen LogP contribution in [0.5, 0.6) is 11.5 Å². The van der Waals surface area contributed by atoms with Gasteiger partial charge in [-0.25, -0.2) is 0 Å². The Morgan fingerprint density at radius 2 is 1.93 bits per heavy atom. The SMILES string of the molecule is CCCNC(=O)[C@@H]1CN(C(=O)CSc2ccc(OCC)cc2)c2ccccc2O1. The second kappa shape index (κ2) is 10.2. The summed E-state index contributed by atoms with van der Waals surface area (Å²) in [5.74, 6) is 1.37. The minimum atomic E-state index is -0.712. The first-order valence-corrected chi connectivity index (χ1v) is 10.8. The zero-order valence-corrected chi connectivity index (χ0v) is 17.5. The lowest BCUT2D eigenvalue weighted by molar-refractivity contribution is -0.128. The molecule has 3 rings (SSSR count). The predicted octanol–water partition coefficient (Wildman–Crippen LogP) is 3.50. The van der Waals surface area contributed by atoms with Gasteiger partial charge in [0.25, 0.3) is 5.91 Å². The monoisotopic (exact) mass is 414 g/mol. The van der Waals surface area contributed by atoms with Gasteiger partial charge in [-0.2, -0.15) is 0 Å². The molecule has 2 aromatic carbocycles. The molecule has 0 fully saturated rings. The van der Waals surface area contributed by atoms with Crippen molar-refractivity contribution in [3.8, 4) is 11.5 Å². The molecule has 0 bridgehead atoms. The van der Waals surface area contributed by atoms with Crippen molar-refractivity contribution in [1.29, 1.82) is 0 Å². The summed E-state index contributed by atoms with van der Waals surface area (Å²) < 4.78 is 11.3. The molecule has 1 aliphatic rings. The van der Waals surface area contributed by atoms with E-state index in [1.54, 1.807) is 11.0 Å². The van der Waals surface area contributed by atoms with Crippen LogP contribution < -0.4 is 19.7 Å². The summed E-state index contributed by atoms with van der Waals surface area (Å²) in [6, 6.07) is 15.0. The molecule has 6 nitrogen and oxygen atoms in total. The lowest BCUT2D eigenvalue weighted by Gasteiger charge is -2.34. The summed E-state index contributed by atoms with van der Waals surface area (Å²) in [7, 11) is 0. The first-order chi connectivity index (χ1) is 14.1. The maximum absolute atomic E-state index is 13.0. The molecule has 154 valence electrons. The minimum absolute atomic E-state index is 0.0621. The van der Waals surface area contributed by atoms with Gasteiger partial charge in [0.2, 0.25) is 5.91 Å². The van der Waals surface area contributed by atoms with Gasteiger partial charge in [-0.1, -0.05) is 19.1 Å². The molecule has 1 atom stereocenters. The van der Waals surface area contributed by atoms with E-state index in [0.717, 1.165) is 17.1 Å². The molecule has 0 aliphatic carbocycles. The number of carbonyl (C=O) groups is 2. The Morgan fingerprint density at radius 1 is 1.17 bits per heavy atom. The van der Waals surface area contributed by atoms with Crippen molar-refractivity contribution >= 4 is 29.3 Å². The number of anilines is 1. The van der Waals surface area contributed by atoms with E-state index in [2.05, 4.69) is 5.32 Å². The number of amides is 2. The second-order valence-corrected chi connectivity index (χ2v) is 7.61. The van der Waals surface area contributed by atoms with Gasteiger partial charge in [0, 0.05) is 11.4 Å². The summed E-state index contributed by atoms with van der Waals surface area (Å²) >= 11 is 1.46. The fourth-order valence-electron chi connectivity index (χ4n) is 2.99. The molecule has 0 spiro atoms. The molecule has 0 aromatic heterocycles. The van der Waals surface area contributed by atoms with Gasteiger partial charge in [0.15, 0.2) is 6.10 Å². The molecule has 1 aliphatic heterocycles. The molecule has 0 saturated carbocycles. The number of nitrogens with one attached hydrogen (secondary N) is 1. The van der Waals surface area contributed by atoms with Gasteiger partial charge in [0.05, 0.1) is 24.6 Å². The van der Waals surface area contributed by atoms with E-state index < -0.39 is 6.10 Å². The van der Waals surface area contributed by atoms with E-state index in [1.807, 2.05) is 56.3 Å². The van der Waals surface area contributed by atoms with Crippen LogP contribution in [0.4, 0.5) is 5.69 Å². The van der Waals surface area contributed by atoms with Crippen molar-refractivity contribution < 1.29 is 19.1 Å². The number of hydrogen-bond donors (Lipinski definition) is 1. The molecule has 29 heavy (non-hydrogen) atoms. The van der Waals surface area contributed by atoms with Crippen molar-refractivity contribution in [1.82, 2.24) is 5.32 Å². The highest BCUT2D eigenvalue weighted by Crippen LogP contribution is 2.34. The van der Waals surface area contributed by atoms with Crippen LogP contribution in [0.15, 0.2) is 53.4 Å². The highest BCUT2D eigenvalue weighted by molar-refractivity contribution is 8.00. The third kappa shape index (κ3) is 5.44. The fraction of sp³-hybridized carbons (Fsp3) is 0.364. The highest BCUT2D eigenvalue weighted by atomic mass is 32.2. The number of thioether (sulfide) groups is 1. The normalized spacial score (nSPS) is 15.2. The third-order valence-electron chi connectivity index (χ3n) is 4.41. The van der Waals surface area contributed by atoms with E-state index in [0.29, 0.717) is 24.6 Å². The molecule has 0 radical (unpaired) electrons. The van der Waals surface area contributed by atoms with Gasteiger partial charge in [-0.05, 0) is 49.7 Å². The Hall–Kier alpha value is -2.67. The van der Waals surface area contributed by atoms with Crippen molar-refractivity contribution in [2.75, 3.05) is 30.3 Å². The summed E-state index contributed by atoms with van der Waals surface area (Å²) in [4.78, 5) is 28.0. The van der Waals surface area contributed by atoms with Gasteiger partial charge < -0.3 is 19.7 Å². The van der Waals surface area contributed by atoms with Crippen molar-refractivity contribution in [2.45, 2.75) is 31.3 Å². The number of carbonyl (C=O) groups excluding carboxylic acids is 2. The number of benzene rings is 2. The number of ether oxygens (including phenoxy) is 2. The summed E-state index contributed by atoms with van der Waals surface area (Å²) in [5, 5.41) is 2.85. The van der Waals surface area contributed by atoms with Crippen LogP contribution in [-0.2, 0) is 9.59 Å². The van der Waals surface area contributed by atoms with Crippen LogP contribution in [0, 0.1) is 0 Å². The minimum Gasteiger partial charge on any atom is -0.494 e. The highest BCUT2D eigenvalue weighted by Gasteiger charge is 2.33. The lowest BCUT2D eigenvalue weighted by atomic mass is 10.1. The van der Waals surface area contributed by atoms with Crippen molar-refractivity contribution in [3.63, 3.8) is 0 Å². The van der Waals surface area contributed by atoms with Crippen LogP contribution in [0.3, 0.4) is 0 Å². The summed E-state index contributed by atoms with van der Waals surface area (Å²) in [6.45, 7) is 5.34. The smallest absolute Gasteiger partial charge is 0.262 e. The Bertz CT molecular complexity index is 841. The van der Waals surface area contributed by atoms with Crippen LogP contribution >= 0.6 is 11.8 Å². The Kier molecular flexibility index (Phi) is 7.41. The van der Waals surface area contributed by atoms with E-state index in [1.165, 1.54) is 11.8 Å². The first kappa shape index (κ1) is 21.0. The number of fused-ring (bicyclic) bond motifs is 1. The Balaban J connectivity index is 1.68. The molecule has 0 saturated heterocycles. The largest absolute Gasteiger partial charge is 0.494 e. The molecule has 1 heterocycles. The van der Waals surface area contributed by atoms with E-state index in [4.69, 9.17) is 9.47 Å². The Labute approximate surface area is 175 Å². The van der Waals surface area contributed by atoms with Crippen molar-refractivity contribution in [2.24, 2.45) is 0 Å². The standard InChI is InChI=1S/C22H26N2O4S/c1-3-13-23-22(26)20-14-24(18-7-5-6-8-19(18)28-20)21(25)15-29-17-11-9-16(10-12-17)27-4-2/h5-12,20H,3-4,13-15H2,1-2H3,(H,23,26)/t20-/m0/s1. The Morgan fingerprint density at radius 3 is 2.66 bits per heavy atom. The zero-order valence-electron chi connectivity index (χ0n) is 16.7. The summed E-state index contributed by atoms with van der Waals surface area (Å²) in [6.07, 6.45) is 0.132. The number of hydrogen-bond acceptors (Lipinski definition) is 5. The summed E-state index contributed by atoms with van der Waals surface area (Å²) in [5.41, 5.74) is 0.698. The molecule has 2 aromatic rings. The second-order valence-electron chi connectivity index (χ2n) is 6.56. The predicted molar refractivity (Wildman–Crippen MR) is 115 cm³/mol. The topological polar surface area (TPSA) is 67.9 Å². The van der Waals surface area contributed by atoms with Crippen molar-refractivity contribution in [3.05, 3.63) is 48.5 Å². The van der Waals surface area contributed by atoms with Gasteiger partial charge in [-0.15, -0.1) is 11.8 Å². The lowest BCUT2D eigenvalue weighted by Crippen LogP contribution is -2.51.